The largest absolute Gasteiger partial charge is 0.484 e. The average molecular weight is 396 g/mol. The Labute approximate surface area is 169 Å². The second kappa shape index (κ2) is 8.77. The summed E-state index contributed by atoms with van der Waals surface area (Å²) in [5.41, 5.74) is 8.13. The summed E-state index contributed by atoms with van der Waals surface area (Å²) in [6, 6.07) is 10.9. The van der Waals surface area contributed by atoms with E-state index in [4.69, 9.17) is 9.47 Å². The molecule has 0 spiro atoms. The third-order valence-corrected chi connectivity index (χ3v) is 4.75. The van der Waals surface area contributed by atoms with Gasteiger partial charge >= 0.3 is 0 Å². The Morgan fingerprint density at radius 1 is 1.03 bits per heavy atom. The Morgan fingerprint density at radius 2 is 1.72 bits per heavy atom. The molecule has 0 radical (unpaired) electrons. The van der Waals surface area contributed by atoms with E-state index in [-0.39, 0.29) is 24.9 Å². The second-order valence-electron chi connectivity index (χ2n) is 7.19. The highest BCUT2D eigenvalue weighted by atomic mass is 16.5. The maximum absolute atomic E-state index is 12.3. The molecule has 0 aliphatic heterocycles. The van der Waals surface area contributed by atoms with Crippen LogP contribution in [-0.2, 0) is 9.59 Å². The number of amides is 2. The molecule has 0 bridgehead atoms. The van der Waals surface area contributed by atoms with Gasteiger partial charge in [0.15, 0.2) is 19.0 Å². The van der Waals surface area contributed by atoms with Crippen molar-refractivity contribution < 1.29 is 23.9 Å². The SMILES string of the molecule is Cc1cccc(OCC(=O)NNC(=O)COc2ccc(C)c3c2C(=O)C[C@@H]3C)c1. The van der Waals surface area contributed by atoms with Gasteiger partial charge in [-0.3, -0.25) is 25.2 Å². The number of rotatable bonds is 6. The fourth-order valence-corrected chi connectivity index (χ4v) is 3.44. The topological polar surface area (TPSA) is 93.7 Å². The van der Waals surface area contributed by atoms with E-state index >= 15 is 0 Å². The fraction of sp³-hybridized carbons (Fsp3) is 0.318. The molecule has 1 aliphatic carbocycles. The van der Waals surface area contributed by atoms with Crippen molar-refractivity contribution in [3.05, 3.63) is 58.7 Å². The number of fused-ring (bicyclic) bond motifs is 1. The standard InChI is InChI=1S/C22H24N2O5/c1-13-5-4-6-16(9-13)28-11-19(26)23-24-20(27)12-29-18-8-7-14(2)21-15(3)10-17(25)22(18)21/h4-9,15H,10-12H2,1-3H3,(H,23,26)(H,24,27)/t15-/m0/s1. The molecule has 152 valence electrons. The number of hydrogen-bond donors (Lipinski definition) is 2. The van der Waals surface area contributed by atoms with Crippen molar-refractivity contribution in [1.29, 1.82) is 0 Å². The first-order valence-electron chi connectivity index (χ1n) is 9.41. The van der Waals surface area contributed by atoms with E-state index in [0.717, 1.165) is 16.7 Å². The smallest absolute Gasteiger partial charge is 0.276 e. The summed E-state index contributed by atoms with van der Waals surface area (Å²) in [7, 11) is 0. The second-order valence-corrected chi connectivity index (χ2v) is 7.19. The van der Waals surface area contributed by atoms with E-state index in [1.54, 1.807) is 12.1 Å². The molecule has 3 rings (SSSR count). The number of aryl methyl sites for hydroxylation is 2. The van der Waals surface area contributed by atoms with Crippen LogP contribution in [0.2, 0.25) is 0 Å². The molecule has 2 N–H and O–H groups in total. The summed E-state index contributed by atoms with van der Waals surface area (Å²) < 4.78 is 10.9. The van der Waals surface area contributed by atoms with Gasteiger partial charge in [0, 0.05) is 6.42 Å². The first kappa shape index (κ1) is 20.4. The third-order valence-electron chi connectivity index (χ3n) is 4.75. The Kier molecular flexibility index (Phi) is 6.16. The van der Waals surface area contributed by atoms with Crippen LogP contribution in [0.5, 0.6) is 11.5 Å². The zero-order valence-corrected chi connectivity index (χ0v) is 16.7. The molecule has 1 aliphatic rings. The Bertz CT molecular complexity index is 954. The third kappa shape index (κ3) is 4.93. The summed E-state index contributed by atoms with van der Waals surface area (Å²) in [5.74, 6) is 0.0868. The van der Waals surface area contributed by atoms with Crippen LogP contribution >= 0.6 is 0 Å². The van der Waals surface area contributed by atoms with Crippen LogP contribution in [0, 0.1) is 13.8 Å². The van der Waals surface area contributed by atoms with Crippen molar-refractivity contribution in [2.75, 3.05) is 13.2 Å². The quantitative estimate of drug-likeness (QED) is 0.732. The lowest BCUT2D eigenvalue weighted by Crippen LogP contribution is -2.45. The van der Waals surface area contributed by atoms with Gasteiger partial charge in [-0.05, 0) is 54.7 Å². The first-order chi connectivity index (χ1) is 13.8. The summed E-state index contributed by atoms with van der Waals surface area (Å²) in [4.78, 5) is 36.1. The van der Waals surface area contributed by atoms with Gasteiger partial charge in [-0.1, -0.05) is 25.1 Å². The number of ketones is 1. The number of Topliss-reactive ketones (excluding diaryl/α,β-unsaturated/α-hetero) is 1. The molecular formula is C22H24N2O5. The van der Waals surface area contributed by atoms with Crippen LogP contribution in [0.15, 0.2) is 36.4 Å². The number of nitrogens with one attached hydrogen (secondary N) is 2. The van der Waals surface area contributed by atoms with Crippen LogP contribution in [0.3, 0.4) is 0 Å². The zero-order valence-electron chi connectivity index (χ0n) is 16.7. The highest BCUT2D eigenvalue weighted by molar-refractivity contribution is 6.04. The normalized spacial score (nSPS) is 14.9. The van der Waals surface area contributed by atoms with Crippen molar-refractivity contribution in [2.45, 2.75) is 33.1 Å². The maximum atomic E-state index is 12.3. The van der Waals surface area contributed by atoms with Gasteiger partial charge in [0.25, 0.3) is 11.8 Å². The molecule has 0 fully saturated rings. The Balaban J connectivity index is 1.47. The molecule has 0 saturated heterocycles. The van der Waals surface area contributed by atoms with Crippen molar-refractivity contribution >= 4 is 17.6 Å². The average Bonchev–Trinajstić information content (AvgIpc) is 2.99. The van der Waals surface area contributed by atoms with E-state index in [0.29, 0.717) is 23.5 Å². The van der Waals surface area contributed by atoms with Gasteiger partial charge in [0.1, 0.15) is 11.5 Å². The van der Waals surface area contributed by atoms with E-state index in [1.165, 1.54) is 0 Å². The van der Waals surface area contributed by atoms with Crippen molar-refractivity contribution in [3.8, 4) is 11.5 Å². The number of carbonyl (C=O) groups excluding carboxylic acids is 3. The summed E-state index contributed by atoms with van der Waals surface area (Å²) >= 11 is 0. The van der Waals surface area contributed by atoms with Crippen molar-refractivity contribution in [1.82, 2.24) is 10.9 Å². The van der Waals surface area contributed by atoms with Gasteiger partial charge < -0.3 is 9.47 Å². The molecule has 2 amide bonds. The Hall–Kier alpha value is -3.35. The summed E-state index contributed by atoms with van der Waals surface area (Å²) in [6.45, 7) is 5.32. The molecule has 7 nitrogen and oxygen atoms in total. The lowest BCUT2D eigenvalue weighted by Gasteiger charge is -2.13. The van der Waals surface area contributed by atoms with E-state index in [2.05, 4.69) is 10.9 Å². The van der Waals surface area contributed by atoms with Crippen LogP contribution in [0.4, 0.5) is 0 Å². The van der Waals surface area contributed by atoms with Gasteiger partial charge in [-0.15, -0.1) is 0 Å². The zero-order chi connectivity index (χ0) is 21.0. The fourth-order valence-electron chi connectivity index (χ4n) is 3.44. The molecule has 0 aromatic heterocycles. The van der Waals surface area contributed by atoms with E-state index in [1.807, 2.05) is 45.0 Å². The van der Waals surface area contributed by atoms with Crippen LogP contribution in [0.1, 0.15) is 46.3 Å². The molecule has 29 heavy (non-hydrogen) atoms. The van der Waals surface area contributed by atoms with E-state index < -0.39 is 11.8 Å². The number of ether oxygens (including phenoxy) is 2. The molecule has 0 heterocycles. The number of hydrazine groups is 1. The van der Waals surface area contributed by atoms with Crippen LogP contribution in [-0.4, -0.2) is 30.8 Å². The minimum absolute atomic E-state index is 0.0215. The molecular weight excluding hydrogens is 372 g/mol. The lowest BCUT2D eigenvalue weighted by molar-refractivity contribution is -0.131. The van der Waals surface area contributed by atoms with Crippen LogP contribution in [0.25, 0.3) is 0 Å². The minimum atomic E-state index is -0.540. The number of benzene rings is 2. The highest BCUT2D eigenvalue weighted by Crippen LogP contribution is 2.40. The molecule has 0 unspecified atom stereocenters. The summed E-state index contributed by atoms with van der Waals surface area (Å²) in [5, 5.41) is 0. The van der Waals surface area contributed by atoms with Crippen molar-refractivity contribution in [2.24, 2.45) is 0 Å². The number of hydrogen-bond acceptors (Lipinski definition) is 5. The van der Waals surface area contributed by atoms with E-state index in [9.17, 15) is 14.4 Å². The lowest BCUT2D eigenvalue weighted by atomic mass is 9.97. The van der Waals surface area contributed by atoms with Gasteiger partial charge in [0.05, 0.1) is 5.56 Å². The molecule has 2 aromatic rings. The summed E-state index contributed by atoms with van der Waals surface area (Å²) in [6.07, 6.45) is 0.444. The molecule has 1 atom stereocenters. The highest BCUT2D eigenvalue weighted by Gasteiger charge is 2.31. The monoisotopic (exact) mass is 396 g/mol. The van der Waals surface area contributed by atoms with Gasteiger partial charge in [-0.25, -0.2) is 0 Å². The number of carbonyl (C=O) groups is 3. The maximum Gasteiger partial charge on any atom is 0.276 e. The van der Waals surface area contributed by atoms with Crippen molar-refractivity contribution in [3.63, 3.8) is 0 Å². The molecule has 2 aromatic carbocycles. The first-order valence-corrected chi connectivity index (χ1v) is 9.41. The predicted octanol–water partition coefficient (Wildman–Crippen LogP) is 2.60. The van der Waals surface area contributed by atoms with Gasteiger partial charge in [0.2, 0.25) is 0 Å². The molecule has 7 heteroatoms. The molecule has 0 saturated carbocycles. The van der Waals surface area contributed by atoms with Crippen LogP contribution < -0.4 is 20.3 Å². The predicted molar refractivity (Wildman–Crippen MR) is 107 cm³/mol. The van der Waals surface area contributed by atoms with Gasteiger partial charge in [-0.2, -0.15) is 0 Å². The Morgan fingerprint density at radius 3 is 2.41 bits per heavy atom. The minimum Gasteiger partial charge on any atom is -0.484 e.